The first-order chi connectivity index (χ1) is 16.7. The number of amides is 1. The summed E-state index contributed by atoms with van der Waals surface area (Å²) in [5.74, 6) is 0.659. The molecule has 1 aliphatic rings. The van der Waals surface area contributed by atoms with Crippen molar-refractivity contribution < 1.29 is 23.0 Å². The number of hydrogen-bond donors (Lipinski definition) is 0. The molecule has 196 valence electrons. The fraction of sp³-hybridized carbons (Fsp3) is 0.385. The van der Waals surface area contributed by atoms with Gasteiger partial charge in [-0.3, -0.25) is 14.6 Å². The molecule has 36 heavy (non-hydrogen) atoms. The zero-order chi connectivity index (χ0) is 25.5. The molecule has 0 unspecified atom stereocenters. The number of thioether (sulfide) groups is 1. The highest BCUT2D eigenvalue weighted by atomic mass is 35.5. The van der Waals surface area contributed by atoms with Gasteiger partial charge in [-0.1, -0.05) is 12.1 Å². The van der Waals surface area contributed by atoms with Gasteiger partial charge < -0.3 is 9.47 Å². The van der Waals surface area contributed by atoms with E-state index in [4.69, 9.17) is 9.73 Å². The van der Waals surface area contributed by atoms with Crippen LogP contribution in [-0.2, 0) is 4.79 Å². The van der Waals surface area contributed by atoms with Crippen LogP contribution in [0.5, 0.6) is 11.5 Å². The average Bonchev–Trinajstić information content (AvgIpc) is 3.09. The Kier molecular flexibility index (Phi) is 11.2. The molecule has 0 N–H and O–H groups in total. The maximum Gasteiger partial charge on any atom is 0.387 e. The molecule has 2 aromatic carbocycles. The number of alkyl halides is 2. The van der Waals surface area contributed by atoms with E-state index in [1.54, 1.807) is 30.2 Å². The van der Waals surface area contributed by atoms with Crippen LogP contribution in [0.1, 0.15) is 33.3 Å². The summed E-state index contributed by atoms with van der Waals surface area (Å²) in [6.07, 6.45) is 1.74. The highest BCUT2D eigenvalue weighted by Crippen LogP contribution is 2.34. The van der Waals surface area contributed by atoms with Crippen LogP contribution in [0.25, 0.3) is 6.08 Å². The van der Waals surface area contributed by atoms with Crippen molar-refractivity contribution in [1.29, 1.82) is 0 Å². The molecule has 0 spiro atoms. The fourth-order valence-electron chi connectivity index (χ4n) is 3.78. The third kappa shape index (κ3) is 7.94. The topological polar surface area (TPSA) is 54.4 Å². The monoisotopic (exact) mass is 539 g/mol. The quantitative estimate of drug-likeness (QED) is 0.325. The first kappa shape index (κ1) is 29.6. The molecule has 2 aromatic rings. The second kappa shape index (κ2) is 13.6. The summed E-state index contributed by atoms with van der Waals surface area (Å²) >= 11 is 1.30. The van der Waals surface area contributed by atoms with Crippen molar-refractivity contribution >= 4 is 47.0 Å². The van der Waals surface area contributed by atoms with Gasteiger partial charge in [0.05, 0.1) is 17.7 Å². The molecular formula is C26H32ClF2N3O3S. The second-order valence-electron chi connectivity index (χ2n) is 8.53. The highest BCUT2D eigenvalue weighted by Gasteiger charge is 2.34. The van der Waals surface area contributed by atoms with Gasteiger partial charge >= 0.3 is 6.61 Å². The lowest BCUT2D eigenvalue weighted by Crippen LogP contribution is -2.43. The number of amidine groups is 1. The lowest BCUT2D eigenvalue weighted by atomic mass is 10.2. The number of hydrogen-bond acceptors (Lipinski definition) is 6. The number of carbonyl (C=O) groups is 1. The van der Waals surface area contributed by atoms with E-state index in [1.807, 2.05) is 24.3 Å². The Morgan fingerprint density at radius 2 is 1.58 bits per heavy atom. The van der Waals surface area contributed by atoms with E-state index in [-0.39, 0.29) is 24.1 Å². The Balaban J connectivity index is 0.00000456. The predicted molar refractivity (Wildman–Crippen MR) is 145 cm³/mol. The van der Waals surface area contributed by atoms with Gasteiger partial charge in [0.1, 0.15) is 11.5 Å². The van der Waals surface area contributed by atoms with E-state index in [0.717, 1.165) is 5.75 Å². The van der Waals surface area contributed by atoms with Crippen molar-refractivity contribution in [3.05, 3.63) is 59.0 Å². The van der Waals surface area contributed by atoms with Crippen LogP contribution in [0.3, 0.4) is 0 Å². The number of nitrogens with zero attached hydrogens (tertiary/aromatic N) is 3. The number of carbonyl (C=O) groups excluding carboxylic acids is 1. The highest BCUT2D eigenvalue weighted by molar-refractivity contribution is 8.18. The standard InChI is InChI=1S/C26H31F2N3O3S.ClH/c1-17(2)30(18(3)4)14-15-31-24(32)23(16-19-6-10-22(11-7-19)34-25(27)28)35-26(31)29-20-8-12-21(33-5)13-9-20;/h6-13,16-18,25H,14-15H2,1-5H3;1H. The summed E-state index contributed by atoms with van der Waals surface area (Å²) in [7, 11) is 1.60. The third-order valence-electron chi connectivity index (χ3n) is 5.50. The van der Waals surface area contributed by atoms with E-state index in [0.29, 0.717) is 46.5 Å². The number of benzene rings is 2. The normalized spacial score (nSPS) is 16.1. The van der Waals surface area contributed by atoms with Crippen LogP contribution in [0.4, 0.5) is 14.5 Å². The molecule has 1 fully saturated rings. The maximum atomic E-state index is 13.4. The summed E-state index contributed by atoms with van der Waals surface area (Å²) < 4.78 is 34.5. The molecule has 3 rings (SSSR count). The summed E-state index contributed by atoms with van der Waals surface area (Å²) in [6.45, 7) is 6.87. The Morgan fingerprint density at radius 3 is 2.11 bits per heavy atom. The van der Waals surface area contributed by atoms with Gasteiger partial charge in [0, 0.05) is 25.2 Å². The summed E-state index contributed by atoms with van der Waals surface area (Å²) in [6, 6.07) is 14.2. The van der Waals surface area contributed by atoms with Crippen molar-refractivity contribution in [3.8, 4) is 11.5 Å². The lowest BCUT2D eigenvalue weighted by molar-refractivity contribution is -0.122. The fourth-order valence-corrected chi connectivity index (χ4v) is 4.81. The van der Waals surface area contributed by atoms with Crippen LogP contribution >= 0.6 is 24.2 Å². The molecular weight excluding hydrogens is 508 g/mol. The van der Waals surface area contributed by atoms with E-state index in [1.165, 1.54) is 23.9 Å². The van der Waals surface area contributed by atoms with Crippen LogP contribution in [0, 0.1) is 0 Å². The number of rotatable bonds is 10. The number of aliphatic imine (C=N–C) groups is 1. The van der Waals surface area contributed by atoms with Gasteiger partial charge in [-0.15, -0.1) is 12.4 Å². The van der Waals surface area contributed by atoms with E-state index in [2.05, 4.69) is 37.3 Å². The van der Waals surface area contributed by atoms with E-state index in [9.17, 15) is 13.6 Å². The molecule has 1 amide bonds. The Hall–Kier alpha value is -2.62. The maximum absolute atomic E-state index is 13.4. The molecule has 0 aromatic heterocycles. The van der Waals surface area contributed by atoms with Crippen LogP contribution in [-0.4, -0.2) is 59.8 Å². The third-order valence-corrected chi connectivity index (χ3v) is 6.50. The van der Waals surface area contributed by atoms with E-state index < -0.39 is 6.61 Å². The van der Waals surface area contributed by atoms with Gasteiger partial charge in [-0.25, -0.2) is 4.99 Å². The molecule has 1 heterocycles. The summed E-state index contributed by atoms with van der Waals surface area (Å²) in [5, 5.41) is 0.594. The minimum Gasteiger partial charge on any atom is -0.497 e. The largest absolute Gasteiger partial charge is 0.497 e. The average molecular weight is 540 g/mol. The Bertz CT molecular complexity index is 1050. The van der Waals surface area contributed by atoms with Gasteiger partial charge in [-0.05, 0) is 87.5 Å². The van der Waals surface area contributed by atoms with Gasteiger partial charge in [0.25, 0.3) is 5.91 Å². The van der Waals surface area contributed by atoms with Crippen molar-refractivity contribution in [3.63, 3.8) is 0 Å². The van der Waals surface area contributed by atoms with Crippen molar-refractivity contribution in [2.75, 3.05) is 20.2 Å². The minimum absolute atomic E-state index is 0. The Labute approximate surface area is 221 Å². The van der Waals surface area contributed by atoms with Gasteiger partial charge in [0.2, 0.25) is 0 Å². The van der Waals surface area contributed by atoms with Gasteiger partial charge in [-0.2, -0.15) is 8.78 Å². The molecule has 0 radical (unpaired) electrons. The molecule has 0 aliphatic carbocycles. The molecule has 0 atom stereocenters. The molecule has 0 bridgehead atoms. The molecule has 1 aliphatic heterocycles. The van der Waals surface area contributed by atoms with Gasteiger partial charge in [0.15, 0.2) is 5.17 Å². The van der Waals surface area contributed by atoms with Crippen molar-refractivity contribution in [2.45, 2.75) is 46.4 Å². The number of ether oxygens (including phenoxy) is 2. The van der Waals surface area contributed by atoms with Crippen LogP contribution in [0.15, 0.2) is 58.4 Å². The predicted octanol–water partition coefficient (Wildman–Crippen LogP) is 6.44. The molecule has 1 saturated heterocycles. The molecule has 0 saturated carbocycles. The first-order valence-corrected chi connectivity index (χ1v) is 12.2. The molecule has 6 nitrogen and oxygen atoms in total. The lowest BCUT2D eigenvalue weighted by Gasteiger charge is -2.31. The van der Waals surface area contributed by atoms with E-state index >= 15 is 0 Å². The van der Waals surface area contributed by atoms with Crippen LogP contribution in [0.2, 0.25) is 0 Å². The second-order valence-corrected chi connectivity index (χ2v) is 9.54. The molecule has 10 heteroatoms. The summed E-state index contributed by atoms with van der Waals surface area (Å²) in [4.78, 5) is 22.6. The van der Waals surface area contributed by atoms with Crippen molar-refractivity contribution in [2.24, 2.45) is 4.99 Å². The SMILES string of the molecule is COc1ccc(N=C2SC(=Cc3ccc(OC(F)F)cc3)C(=O)N2CCN(C(C)C)C(C)C)cc1.Cl. The number of methoxy groups -OCH3 is 1. The zero-order valence-corrected chi connectivity index (χ0v) is 22.6. The minimum atomic E-state index is -2.88. The summed E-state index contributed by atoms with van der Waals surface area (Å²) in [5.41, 5.74) is 1.42. The van der Waals surface area contributed by atoms with Crippen molar-refractivity contribution in [1.82, 2.24) is 9.80 Å². The smallest absolute Gasteiger partial charge is 0.387 e. The zero-order valence-electron chi connectivity index (χ0n) is 21.0. The van der Waals surface area contributed by atoms with Crippen LogP contribution < -0.4 is 9.47 Å². The first-order valence-electron chi connectivity index (χ1n) is 11.4. The Morgan fingerprint density at radius 1 is 1.00 bits per heavy atom. The number of halogens is 3.